The fraction of sp³-hybridized carbons (Fsp3) is 0.435. The molecule has 1 atom stereocenters. The summed E-state index contributed by atoms with van der Waals surface area (Å²) < 4.78 is 10.4. The molecule has 1 fully saturated rings. The Bertz CT molecular complexity index is 1070. The van der Waals surface area contributed by atoms with Gasteiger partial charge in [-0.05, 0) is 25.5 Å². The van der Waals surface area contributed by atoms with E-state index in [4.69, 9.17) is 15.2 Å². The number of ether oxygens (including phenoxy) is 2. The average molecular weight is 472 g/mol. The lowest BCUT2D eigenvalue weighted by Gasteiger charge is -2.36. The largest absolute Gasteiger partial charge is 0.496 e. The van der Waals surface area contributed by atoms with Crippen molar-refractivity contribution in [2.75, 3.05) is 39.9 Å². The predicted octanol–water partition coefficient (Wildman–Crippen LogP) is 0.908. The molecule has 0 radical (unpaired) electrons. The number of amides is 4. The topological polar surface area (TPSA) is 144 Å². The number of rotatable bonds is 8. The lowest BCUT2D eigenvalue weighted by molar-refractivity contribution is -0.135. The number of fused-ring (bicyclic) bond motifs is 1. The second kappa shape index (κ2) is 11.3. The Balaban J connectivity index is 1.74. The number of aromatic nitrogens is 1. The maximum Gasteiger partial charge on any atom is 0.409 e. The standard InChI is InChI=1S/C23H29N5O6/c1-3-34-23(32)28-12-10-27(11-13-28)22(31)17(8-9-20(24)29)26-21(30)18-14-19(33-2)15-6-4-5-7-16(15)25-18/h4-7,14,17H,3,8-13H2,1-2H3,(H2,24,29)(H,26,30)/t17-/m0/s1. The number of para-hydroxylation sites is 1. The van der Waals surface area contributed by atoms with Crippen LogP contribution in [0.2, 0.25) is 0 Å². The molecule has 1 aromatic carbocycles. The molecule has 1 aliphatic rings. The molecular formula is C23H29N5O6. The third-order valence-corrected chi connectivity index (χ3v) is 5.53. The molecule has 0 aliphatic carbocycles. The number of hydrogen-bond donors (Lipinski definition) is 2. The van der Waals surface area contributed by atoms with Crippen LogP contribution in [0.15, 0.2) is 30.3 Å². The van der Waals surface area contributed by atoms with Gasteiger partial charge in [-0.25, -0.2) is 9.78 Å². The molecule has 2 aromatic rings. The zero-order valence-electron chi connectivity index (χ0n) is 19.3. The summed E-state index contributed by atoms with van der Waals surface area (Å²) in [6, 6.07) is 7.75. The van der Waals surface area contributed by atoms with Gasteiger partial charge in [0.2, 0.25) is 11.8 Å². The van der Waals surface area contributed by atoms with Crippen molar-refractivity contribution in [1.82, 2.24) is 20.1 Å². The van der Waals surface area contributed by atoms with Crippen LogP contribution in [0.25, 0.3) is 10.9 Å². The van der Waals surface area contributed by atoms with E-state index in [0.29, 0.717) is 24.4 Å². The summed E-state index contributed by atoms with van der Waals surface area (Å²) in [4.78, 5) is 57.0. The Morgan fingerprint density at radius 1 is 1.12 bits per heavy atom. The van der Waals surface area contributed by atoms with E-state index in [1.54, 1.807) is 24.0 Å². The molecule has 2 heterocycles. The maximum absolute atomic E-state index is 13.2. The van der Waals surface area contributed by atoms with Crippen molar-refractivity contribution in [2.45, 2.75) is 25.8 Å². The molecule has 4 amide bonds. The van der Waals surface area contributed by atoms with Crippen LogP contribution in [-0.2, 0) is 14.3 Å². The Morgan fingerprint density at radius 3 is 2.44 bits per heavy atom. The van der Waals surface area contributed by atoms with Gasteiger partial charge in [-0.15, -0.1) is 0 Å². The molecule has 0 unspecified atom stereocenters. The number of methoxy groups -OCH3 is 1. The first-order valence-electron chi connectivity index (χ1n) is 11.1. The monoisotopic (exact) mass is 471 g/mol. The Hall–Kier alpha value is -3.89. The molecule has 3 N–H and O–H groups in total. The molecule has 11 heteroatoms. The quantitative estimate of drug-likeness (QED) is 0.582. The van der Waals surface area contributed by atoms with Crippen molar-refractivity contribution >= 4 is 34.7 Å². The molecule has 34 heavy (non-hydrogen) atoms. The first-order chi connectivity index (χ1) is 16.3. The van der Waals surface area contributed by atoms with Crippen molar-refractivity contribution in [3.8, 4) is 5.75 Å². The fourth-order valence-corrected chi connectivity index (χ4v) is 3.75. The second-order valence-corrected chi connectivity index (χ2v) is 7.77. The summed E-state index contributed by atoms with van der Waals surface area (Å²) in [5, 5.41) is 3.45. The first kappa shape index (κ1) is 24.7. The van der Waals surface area contributed by atoms with Crippen LogP contribution in [-0.4, -0.2) is 84.5 Å². The van der Waals surface area contributed by atoms with Gasteiger partial charge in [-0.3, -0.25) is 14.4 Å². The predicted molar refractivity (Wildman–Crippen MR) is 123 cm³/mol. The van der Waals surface area contributed by atoms with Gasteiger partial charge < -0.3 is 30.3 Å². The van der Waals surface area contributed by atoms with Crippen molar-refractivity contribution < 1.29 is 28.7 Å². The summed E-state index contributed by atoms with van der Waals surface area (Å²) in [6.45, 7) is 3.18. The summed E-state index contributed by atoms with van der Waals surface area (Å²) in [5.41, 5.74) is 5.93. The second-order valence-electron chi connectivity index (χ2n) is 7.77. The maximum atomic E-state index is 13.2. The van der Waals surface area contributed by atoms with Crippen molar-refractivity contribution in [1.29, 1.82) is 0 Å². The Labute approximate surface area is 197 Å². The minimum absolute atomic E-state index is 0.0444. The Kier molecular flexibility index (Phi) is 8.23. The molecule has 1 aliphatic heterocycles. The number of carbonyl (C=O) groups excluding carboxylic acids is 4. The van der Waals surface area contributed by atoms with Crippen LogP contribution in [0.3, 0.4) is 0 Å². The van der Waals surface area contributed by atoms with E-state index in [1.807, 2.05) is 12.1 Å². The van der Waals surface area contributed by atoms with Gasteiger partial charge in [0, 0.05) is 44.1 Å². The van der Waals surface area contributed by atoms with Crippen molar-refractivity contribution in [2.24, 2.45) is 5.73 Å². The van der Waals surface area contributed by atoms with Crippen molar-refractivity contribution in [3.63, 3.8) is 0 Å². The number of pyridine rings is 1. The van der Waals surface area contributed by atoms with Gasteiger partial charge in [0.05, 0.1) is 19.2 Å². The smallest absolute Gasteiger partial charge is 0.409 e. The molecule has 1 aromatic heterocycles. The number of nitrogens with one attached hydrogen (secondary N) is 1. The number of primary amides is 1. The van der Waals surface area contributed by atoms with Gasteiger partial charge in [0.25, 0.3) is 5.91 Å². The number of benzene rings is 1. The zero-order chi connectivity index (χ0) is 24.7. The van der Waals surface area contributed by atoms with E-state index < -0.39 is 23.9 Å². The summed E-state index contributed by atoms with van der Waals surface area (Å²) in [7, 11) is 1.50. The molecule has 1 saturated heterocycles. The summed E-state index contributed by atoms with van der Waals surface area (Å²) in [5.74, 6) is -1.03. The molecular weight excluding hydrogens is 442 g/mol. The highest BCUT2D eigenvalue weighted by Gasteiger charge is 2.31. The third-order valence-electron chi connectivity index (χ3n) is 5.53. The highest BCUT2D eigenvalue weighted by molar-refractivity contribution is 5.99. The summed E-state index contributed by atoms with van der Waals surface area (Å²) in [6.07, 6.45) is -0.457. The lowest BCUT2D eigenvalue weighted by Crippen LogP contribution is -2.56. The van der Waals surface area contributed by atoms with Gasteiger partial charge in [0.15, 0.2) is 0 Å². The van der Waals surface area contributed by atoms with Crippen LogP contribution in [0.5, 0.6) is 5.75 Å². The normalized spacial score (nSPS) is 14.4. The number of carbonyl (C=O) groups is 4. The van der Waals surface area contributed by atoms with E-state index >= 15 is 0 Å². The SMILES string of the molecule is CCOC(=O)N1CCN(C(=O)[C@H](CCC(N)=O)NC(=O)c2cc(OC)c3ccccc3n2)CC1. The average Bonchev–Trinajstić information content (AvgIpc) is 2.85. The third kappa shape index (κ3) is 5.91. The molecule has 0 spiro atoms. The highest BCUT2D eigenvalue weighted by Crippen LogP contribution is 2.25. The Morgan fingerprint density at radius 2 is 1.79 bits per heavy atom. The number of nitrogens with zero attached hydrogens (tertiary/aromatic N) is 3. The number of nitrogens with two attached hydrogens (primary N) is 1. The van der Waals surface area contributed by atoms with Crippen LogP contribution in [0, 0.1) is 0 Å². The van der Waals surface area contributed by atoms with Gasteiger partial charge >= 0.3 is 6.09 Å². The molecule has 3 rings (SSSR count). The van der Waals surface area contributed by atoms with E-state index in [2.05, 4.69) is 10.3 Å². The van der Waals surface area contributed by atoms with Gasteiger partial charge in [-0.2, -0.15) is 0 Å². The lowest BCUT2D eigenvalue weighted by atomic mass is 10.1. The van der Waals surface area contributed by atoms with Crippen LogP contribution in [0.4, 0.5) is 4.79 Å². The zero-order valence-corrected chi connectivity index (χ0v) is 19.3. The first-order valence-corrected chi connectivity index (χ1v) is 11.1. The minimum atomic E-state index is -0.978. The molecule has 0 bridgehead atoms. The van der Waals surface area contributed by atoms with Crippen LogP contribution in [0.1, 0.15) is 30.3 Å². The van der Waals surface area contributed by atoms with Gasteiger partial charge in [-0.1, -0.05) is 12.1 Å². The van der Waals surface area contributed by atoms with E-state index in [9.17, 15) is 19.2 Å². The molecule has 182 valence electrons. The van der Waals surface area contributed by atoms with E-state index in [0.717, 1.165) is 5.39 Å². The van der Waals surface area contributed by atoms with Crippen LogP contribution < -0.4 is 15.8 Å². The van der Waals surface area contributed by atoms with Gasteiger partial charge in [0.1, 0.15) is 17.5 Å². The number of hydrogen-bond acceptors (Lipinski definition) is 7. The minimum Gasteiger partial charge on any atom is -0.496 e. The number of piperazine rings is 1. The van der Waals surface area contributed by atoms with E-state index in [-0.39, 0.29) is 44.1 Å². The van der Waals surface area contributed by atoms with Crippen molar-refractivity contribution in [3.05, 3.63) is 36.0 Å². The summed E-state index contributed by atoms with van der Waals surface area (Å²) >= 11 is 0. The fourth-order valence-electron chi connectivity index (χ4n) is 3.75. The highest BCUT2D eigenvalue weighted by atomic mass is 16.6. The van der Waals surface area contributed by atoms with E-state index in [1.165, 1.54) is 18.1 Å². The molecule has 0 saturated carbocycles. The molecule has 11 nitrogen and oxygen atoms in total. The van der Waals surface area contributed by atoms with Crippen LogP contribution >= 0.6 is 0 Å².